The molecule has 0 fully saturated rings. The second kappa shape index (κ2) is 38.1. The zero-order valence-corrected chi connectivity index (χ0v) is 68.4. The average molecular weight is 1560 g/mol. The lowest BCUT2D eigenvalue weighted by Gasteiger charge is -2.40. The van der Waals surface area contributed by atoms with Crippen molar-refractivity contribution in [3.63, 3.8) is 0 Å². The van der Waals surface area contributed by atoms with Crippen molar-refractivity contribution in [1.82, 2.24) is 0 Å². The molecule has 0 spiro atoms. The van der Waals surface area contributed by atoms with Gasteiger partial charge in [0.1, 0.15) is 11.5 Å². The summed E-state index contributed by atoms with van der Waals surface area (Å²) in [6.07, 6.45) is 3.01. The molecule has 2 unspecified atom stereocenters. The summed E-state index contributed by atoms with van der Waals surface area (Å²) in [6, 6.07) is 137. The van der Waals surface area contributed by atoms with E-state index in [0.717, 1.165) is 104 Å². The summed E-state index contributed by atoms with van der Waals surface area (Å²) in [4.78, 5) is 9.38. The lowest BCUT2D eigenvalue weighted by molar-refractivity contribution is 0.233. The third kappa shape index (κ3) is 18.7. The summed E-state index contributed by atoms with van der Waals surface area (Å²) in [5.74, 6) is 0.821. The SMILES string of the molecule is C.C.CCCCC(Oc1ccc(N(c2ccc(-c3ccc(N(c4ccccc4)c4cccc5ccccc45)cc3)cc2)c2cccc3ccccc23)cc1)[Si](C)(C[Si](=O)CC)O[Si](C)(C)C.[2H]N=P.c1ccc(N(c2ccc(-c3ccc(N(c4ccccc4)c4cccc5ccccc45)cc3)cc2)c2cccc3ccccc23)cc1. The highest BCUT2D eigenvalue weighted by Crippen LogP contribution is 2.46. The van der Waals surface area contributed by atoms with E-state index in [1.54, 1.807) is 0 Å². The van der Waals surface area contributed by atoms with Crippen molar-refractivity contribution in [1.29, 1.82) is 5.15 Å². The van der Waals surface area contributed by atoms with E-state index in [9.17, 15) is 4.46 Å². The molecule has 570 valence electrons. The number of rotatable bonds is 25. The van der Waals surface area contributed by atoms with Crippen LogP contribution in [-0.2, 0) is 8.58 Å². The molecule has 0 amide bonds. The largest absolute Gasteiger partial charge is 0.491 e. The van der Waals surface area contributed by atoms with Gasteiger partial charge in [-0.2, -0.15) is 0 Å². The standard InChI is InChI=1S/C56H60N2O3Si3.C44H32N2.2CH4.H2NP/c1-7-9-29-56(64(6,42-62(59)8-2)61-63(3,4)5)60-51-40-38-50(39-41-51)58(55-28-18-22-46-20-14-16-26-53(46)55)49-36-32-44(33-37-49)43-30-34-48(35-31-43)57(47-23-11-10-12-24-47)54-27-17-21-45-19-13-15-25-52(45)54;1-3-17-37(18-4-1)45(43-23-11-15-35-13-7-9-21-41(35)43)39-29-25-33(26-30-39)34-27-31-40(32-28-34)46(38-19-5-2-6-20-38)44-24-12-16-36-14-8-10-22-42(36)44;;;1-2/h10-28,30-41,56H,7-9,29,42H2,1-6H3;1-32H;2*1H4;1-2H/i/hD. The van der Waals surface area contributed by atoms with Crippen LogP contribution in [0.3, 0.4) is 0 Å². The summed E-state index contributed by atoms with van der Waals surface area (Å²) < 4.78 is 32.9. The smallest absolute Gasteiger partial charge is 0.275 e. The van der Waals surface area contributed by atoms with Crippen molar-refractivity contribution in [2.24, 2.45) is 0 Å². The van der Waals surface area contributed by atoms with Crippen LogP contribution in [0, 0.1) is 5.15 Å². The summed E-state index contributed by atoms with van der Waals surface area (Å²) in [6.45, 7) is 13.2. The van der Waals surface area contributed by atoms with Gasteiger partial charge in [-0.15, -0.1) is 0 Å². The van der Waals surface area contributed by atoms with E-state index in [4.69, 9.17) is 10.3 Å². The first-order valence-electron chi connectivity index (χ1n) is 39.2. The number of ether oxygens (including phenoxy) is 1. The number of nitrogens with one attached hydrogen (secondary N) is 1. The maximum Gasteiger partial charge on any atom is 0.275 e. The molecule has 2 atom stereocenters. The third-order valence-corrected chi connectivity index (χ3v) is 31.9. The lowest BCUT2D eigenvalue weighted by Crippen LogP contribution is -2.57. The van der Waals surface area contributed by atoms with Crippen molar-refractivity contribution in [2.75, 3.05) is 19.6 Å². The normalized spacial score (nSPS) is 11.9. The van der Waals surface area contributed by atoms with Crippen LogP contribution in [0.2, 0.25) is 39.3 Å². The van der Waals surface area contributed by atoms with Gasteiger partial charge in [-0.1, -0.05) is 290 Å². The molecular formula is C102H102N5O3PSi3. The van der Waals surface area contributed by atoms with Crippen molar-refractivity contribution in [3.8, 4) is 28.0 Å². The first-order valence-corrected chi connectivity index (χ1v) is 47.1. The number of fused-ring (bicyclic) bond motifs is 4. The Balaban J connectivity index is 0.000000211. The molecule has 0 bridgehead atoms. The average Bonchev–Trinajstić information content (AvgIpc) is 0.790. The molecule has 1 N–H and O–H groups in total. The lowest BCUT2D eigenvalue weighted by atomic mass is 10.0. The van der Waals surface area contributed by atoms with Crippen LogP contribution in [0.4, 0.5) is 68.2 Å². The molecule has 16 aromatic rings. The van der Waals surface area contributed by atoms with Crippen LogP contribution >= 0.6 is 9.03 Å². The van der Waals surface area contributed by atoms with Gasteiger partial charge in [0.15, 0.2) is 9.73 Å². The monoisotopic (exact) mass is 1560 g/mol. The highest BCUT2D eigenvalue weighted by atomic mass is 31.0. The molecule has 0 aliphatic carbocycles. The van der Waals surface area contributed by atoms with E-state index >= 15 is 0 Å². The minimum Gasteiger partial charge on any atom is -0.491 e. The minimum absolute atomic E-state index is 0. The maximum absolute atomic E-state index is 13.2. The number of benzene rings is 16. The fourth-order valence-corrected chi connectivity index (χ4v) is 28.7. The van der Waals surface area contributed by atoms with Gasteiger partial charge in [0.2, 0.25) is 8.32 Å². The van der Waals surface area contributed by atoms with Crippen molar-refractivity contribution in [2.45, 2.75) is 91.6 Å². The molecule has 16 aromatic carbocycles. The number of para-hydroxylation sites is 3. The Morgan fingerprint density at radius 3 is 0.860 bits per heavy atom. The molecule has 0 heterocycles. The van der Waals surface area contributed by atoms with Crippen LogP contribution in [0.25, 0.3) is 65.3 Å². The number of anilines is 12. The summed E-state index contributed by atoms with van der Waals surface area (Å²) >= 11 is 0. The first-order chi connectivity index (χ1) is 55.3. The van der Waals surface area contributed by atoms with Crippen molar-refractivity contribution < 1.29 is 14.7 Å². The van der Waals surface area contributed by atoms with Gasteiger partial charge in [-0.3, -0.25) is 5.15 Å². The summed E-state index contributed by atoms with van der Waals surface area (Å²) in [7, 11) is -3.72. The number of hydrogen-bond donors (Lipinski definition) is 1. The molecule has 114 heavy (non-hydrogen) atoms. The van der Waals surface area contributed by atoms with Crippen LogP contribution in [0.5, 0.6) is 5.75 Å². The molecular weight excluding hydrogens is 1460 g/mol. The molecule has 0 saturated carbocycles. The van der Waals surface area contributed by atoms with Crippen LogP contribution in [0.1, 0.15) is 48.0 Å². The third-order valence-electron chi connectivity index (χ3n) is 20.6. The maximum atomic E-state index is 13.2. The van der Waals surface area contributed by atoms with E-state index < -0.39 is 25.3 Å². The van der Waals surface area contributed by atoms with Crippen molar-refractivity contribution in [3.05, 3.63) is 382 Å². The van der Waals surface area contributed by atoms with Gasteiger partial charge in [-0.05, 0) is 225 Å². The summed E-state index contributed by atoms with van der Waals surface area (Å²) in [5, 5.41) is 12.2. The van der Waals surface area contributed by atoms with Crippen molar-refractivity contribution >= 4 is 146 Å². The Kier molecular flexibility index (Phi) is 26.8. The van der Waals surface area contributed by atoms with E-state index in [-0.39, 0.29) is 20.6 Å². The topological polar surface area (TPSA) is 72.3 Å². The number of unbranched alkanes of at least 4 members (excludes halogenated alkanes) is 1. The molecule has 0 radical (unpaired) electrons. The minimum atomic E-state index is -2.51. The fourth-order valence-electron chi connectivity index (χ4n) is 15.4. The Morgan fingerprint density at radius 1 is 0.351 bits per heavy atom. The highest BCUT2D eigenvalue weighted by molar-refractivity contribution is 7.02. The predicted molar refractivity (Wildman–Crippen MR) is 499 cm³/mol. The van der Waals surface area contributed by atoms with Crippen LogP contribution in [0.15, 0.2) is 382 Å². The quantitative estimate of drug-likeness (QED) is 0.0451. The van der Waals surface area contributed by atoms with Gasteiger partial charge >= 0.3 is 0 Å². The molecule has 8 nitrogen and oxygen atoms in total. The Morgan fingerprint density at radius 2 is 0.596 bits per heavy atom. The molecule has 0 aromatic heterocycles. The molecule has 12 heteroatoms. The van der Waals surface area contributed by atoms with Gasteiger partial charge in [0, 0.05) is 72.7 Å². The van der Waals surface area contributed by atoms with E-state index in [1.807, 2.05) is 6.92 Å². The number of hydrogen-bond acceptors (Lipinski definition) is 8. The Hall–Kier alpha value is -11.9. The van der Waals surface area contributed by atoms with Gasteiger partial charge in [0.05, 0.1) is 22.7 Å². The second-order valence-electron chi connectivity index (χ2n) is 29.4. The van der Waals surface area contributed by atoms with Gasteiger partial charge in [0.25, 0.3) is 8.68 Å². The van der Waals surface area contributed by atoms with E-state index in [1.165, 1.54) is 54.2 Å². The summed E-state index contributed by atoms with van der Waals surface area (Å²) in [5.41, 5.74) is 18.6. The highest BCUT2D eigenvalue weighted by Gasteiger charge is 2.45. The van der Waals surface area contributed by atoms with E-state index in [0.29, 0.717) is 11.7 Å². The van der Waals surface area contributed by atoms with Gasteiger partial charge < -0.3 is 32.9 Å². The van der Waals surface area contributed by atoms with Gasteiger partial charge in [-0.25, -0.2) is 0 Å². The molecule has 0 aliphatic heterocycles. The van der Waals surface area contributed by atoms with Crippen LogP contribution < -0.4 is 24.3 Å². The molecule has 16 rings (SSSR count). The second-order valence-corrected chi connectivity index (χ2v) is 40.9. The molecule has 0 saturated heterocycles. The Bertz CT molecular complexity index is 5660. The first kappa shape index (κ1) is 80.1. The predicted octanol–water partition coefficient (Wildman–Crippen LogP) is 31.2. The zero-order chi connectivity index (χ0) is 78.1. The fraction of sp³-hybridized carbons (Fsp3) is 0.137. The number of nitrogens with zero attached hydrogens (tertiary/aromatic N) is 4. The Labute approximate surface area is 682 Å². The zero-order valence-electron chi connectivity index (χ0n) is 65.4. The van der Waals surface area contributed by atoms with Crippen LogP contribution in [-0.4, -0.2) is 31.0 Å². The molecule has 0 aliphatic rings. The van der Waals surface area contributed by atoms with E-state index in [2.05, 4.69) is 449 Å².